The molecule has 19 heavy (non-hydrogen) atoms. The van der Waals surface area contributed by atoms with Gasteiger partial charge in [-0.2, -0.15) is 5.10 Å². The molecule has 2 N–H and O–H groups in total. The topological polar surface area (TPSA) is 62.5 Å². The molecule has 2 heterocycles. The van der Waals surface area contributed by atoms with E-state index < -0.39 is 5.60 Å². The SMILES string of the molecule is CC1CCCC(O)(CNc2nccn3nccc23)C1. The van der Waals surface area contributed by atoms with Gasteiger partial charge < -0.3 is 10.4 Å². The van der Waals surface area contributed by atoms with E-state index in [1.54, 1.807) is 16.9 Å². The summed E-state index contributed by atoms with van der Waals surface area (Å²) in [6, 6.07) is 1.92. The second-order valence-electron chi connectivity index (χ2n) is 5.72. The molecule has 0 spiro atoms. The van der Waals surface area contributed by atoms with Gasteiger partial charge in [0.25, 0.3) is 0 Å². The van der Waals surface area contributed by atoms with Crippen molar-refractivity contribution in [3.05, 3.63) is 24.7 Å². The molecule has 3 rings (SSSR count). The zero-order valence-electron chi connectivity index (χ0n) is 11.2. The van der Waals surface area contributed by atoms with E-state index in [1.165, 1.54) is 6.42 Å². The van der Waals surface area contributed by atoms with Crippen LogP contribution < -0.4 is 5.32 Å². The first-order valence-corrected chi connectivity index (χ1v) is 6.91. The molecule has 0 aromatic carbocycles. The van der Waals surface area contributed by atoms with E-state index in [0.29, 0.717) is 12.5 Å². The smallest absolute Gasteiger partial charge is 0.152 e. The Labute approximate surface area is 112 Å². The summed E-state index contributed by atoms with van der Waals surface area (Å²) in [5.41, 5.74) is 0.335. The first-order valence-electron chi connectivity index (χ1n) is 6.91. The van der Waals surface area contributed by atoms with Crippen LogP contribution in [0.3, 0.4) is 0 Å². The van der Waals surface area contributed by atoms with Gasteiger partial charge in [0.15, 0.2) is 5.82 Å². The lowest BCUT2D eigenvalue weighted by Crippen LogP contribution is -2.41. The van der Waals surface area contributed by atoms with Crippen molar-refractivity contribution in [1.82, 2.24) is 14.6 Å². The van der Waals surface area contributed by atoms with Crippen molar-refractivity contribution < 1.29 is 5.11 Å². The van der Waals surface area contributed by atoms with Crippen LogP contribution in [-0.2, 0) is 0 Å². The number of anilines is 1. The predicted molar refractivity (Wildman–Crippen MR) is 74.1 cm³/mol. The second-order valence-corrected chi connectivity index (χ2v) is 5.72. The van der Waals surface area contributed by atoms with Gasteiger partial charge >= 0.3 is 0 Å². The third kappa shape index (κ3) is 2.56. The lowest BCUT2D eigenvalue weighted by Gasteiger charge is -2.35. The lowest BCUT2D eigenvalue weighted by atomic mass is 9.79. The van der Waals surface area contributed by atoms with Gasteiger partial charge in [-0.15, -0.1) is 0 Å². The fourth-order valence-corrected chi connectivity index (χ4v) is 3.04. The first-order chi connectivity index (χ1) is 9.16. The molecule has 2 atom stereocenters. The van der Waals surface area contributed by atoms with Crippen LogP contribution in [0.5, 0.6) is 0 Å². The summed E-state index contributed by atoms with van der Waals surface area (Å²) in [7, 11) is 0. The third-order valence-electron chi connectivity index (χ3n) is 3.98. The molecule has 1 fully saturated rings. The Morgan fingerprint density at radius 1 is 1.53 bits per heavy atom. The van der Waals surface area contributed by atoms with Gasteiger partial charge in [0.2, 0.25) is 0 Å². The quantitative estimate of drug-likeness (QED) is 0.887. The van der Waals surface area contributed by atoms with Crippen LogP contribution in [0.15, 0.2) is 24.7 Å². The number of nitrogens with one attached hydrogen (secondary N) is 1. The Bertz CT molecular complexity index is 567. The second kappa shape index (κ2) is 4.81. The molecular weight excluding hydrogens is 240 g/mol. The van der Waals surface area contributed by atoms with Crippen molar-refractivity contribution in [3.8, 4) is 0 Å². The van der Waals surface area contributed by atoms with Crippen LogP contribution in [0, 0.1) is 5.92 Å². The molecule has 0 radical (unpaired) electrons. The Morgan fingerprint density at radius 3 is 3.26 bits per heavy atom. The molecule has 0 bridgehead atoms. The van der Waals surface area contributed by atoms with Crippen LogP contribution in [0.4, 0.5) is 5.82 Å². The fraction of sp³-hybridized carbons (Fsp3) is 0.571. The molecule has 5 nitrogen and oxygen atoms in total. The molecule has 1 aliphatic rings. The summed E-state index contributed by atoms with van der Waals surface area (Å²) in [6.45, 7) is 2.76. The molecule has 2 aromatic rings. The predicted octanol–water partition coefficient (Wildman–Crippen LogP) is 2.08. The van der Waals surface area contributed by atoms with E-state index in [4.69, 9.17) is 0 Å². The van der Waals surface area contributed by atoms with Crippen molar-refractivity contribution in [3.63, 3.8) is 0 Å². The van der Waals surface area contributed by atoms with E-state index in [0.717, 1.165) is 30.6 Å². The highest BCUT2D eigenvalue weighted by Gasteiger charge is 2.32. The summed E-state index contributed by atoms with van der Waals surface area (Å²) in [5, 5.41) is 18.1. The number of hydrogen-bond donors (Lipinski definition) is 2. The van der Waals surface area contributed by atoms with E-state index in [1.807, 2.05) is 12.3 Å². The Kier molecular flexibility index (Phi) is 3.14. The fourth-order valence-electron chi connectivity index (χ4n) is 3.04. The maximum absolute atomic E-state index is 10.6. The van der Waals surface area contributed by atoms with Crippen molar-refractivity contribution in [2.24, 2.45) is 5.92 Å². The highest BCUT2D eigenvalue weighted by atomic mass is 16.3. The zero-order chi connectivity index (χ0) is 13.3. The molecule has 0 aliphatic heterocycles. The molecule has 2 unspecified atom stereocenters. The minimum absolute atomic E-state index is 0.551. The standard InChI is InChI=1S/C14H20N4O/c1-11-3-2-5-14(19,9-11)10-16-13-12-4-6-17-18(12)8-7-15-13/h4,6-8,11,19H,2-3,5,9-10H2,1H3,(H,15,16). The largest absolute Gasteiger partial charge is 0.388 e. The normalized spacial score (nSPS) is 27.6. The maximum Gasteiger partial charge on any atom is 0.152 e. The monoisotopic (exact) mass is 260 g/mol. The number of nitrogens with zero attached hydrogens (tertiary/aromatic N) is 3. The number of fused-ring (bicyclic) bond motifs is 1. The van der Waals surface area contributed by atoms with Crippen LogP contribution in [0.2, 0.25) is 0 Å². The van der Waals surface area contributed by atoms with E-state index in [-0.39, 0.29) is 0 Å². The van der Waals surface area contributed by atoms with Gasteiger partial charge in [-0.3, -0.25) is 0 Å². The minimum atomic E-state index is -0.605. The summed E-state index contributed by atoms with van der Waals surface area (Å²) < 4.78 is 1.78. The third-order valence-corrected chi connectivity index (χ3v) is 3.98. The number of hydrogen-bond acceptors (Lipinski definition) is 4. The van der Waals surface area contributed by atoms with Crippen molar-refractivity contribution in [2.75, 3.05) is 11.9 Å². The summed E-state index contributed by atoms with van der Waals surface area (Å²) in [5.74, 6) is 1.38. The molecule has 0 amide bonds. The van der Waals surface area contributed by atoms with E-state index in [2.05, 4.69) is 22.3 Å². The molecule has 2 aromatic heterocycles. The van der Waals surface area contributed by atoms with Gasteiger partial charge in [0.05, 0.1) is 11.8 Å². The maximum atomic E-state index is 10.6. The number of aliphatic hydroxyl groups is 1. The van der Waals surface area contributed by atoms with Crippen molar-refractivity contribution in [1.29, 1.82) is 0 Å². The summed E-state index contributed by atoms with van der Waals surface area (Å²) >= 11 is 0. The molecule has 0 saturated heterocycles. The number of aromatic nitrogens is 3. The molecule has 1 aliphatic carbocycles. The van der Waals surface area contributed by atoms with Gasteiger partial charge in [0.1, 0.15) is 5.52 Å². The van der Waals surface area contributed by atoms with E-state index >= 15 is 0 Å². The van der Waals surface area contributed by atoms with Crippen LogP contribution in [0.25, 0.3) is 5.52 Å². The van der Waals surface area contributed by atoms with E-state index in [9.17, 15) is 5.11 Å². The van der Waals surface area contributed by atoms with Gasteiger partial charge in [-0.25, -0.2) is 9.50 Å². The van der Waals surface area contributed by atoms with Crippen LogP contribution >= 0.6 is 0 Å². The average molecular weight is 260 g/mol. The molecule has 102 valence electrons. The highest BCUT2D eigenvalue weighted by molar-refractivity contribution is 5.66. The zero-order valence-corrected chi connectivity index (χ0v) is 11.2. The highest BCUT2D eigenvalue weighted by Crippen LogP contribution is 2.32. The molecular formula is C14H20N4O. The summed E-state index contributed by atoms with van der Waals surface area (Å²) in [4.78, 5) is 4.33. The number of rotatable bonds is 3. The Hall–Kier alpha value is -1.62. The van der Waals surface area contributed by atoms with Crippen molar-refractivity contribution in [2.45, 2.75) is 38.2 Å². The summed E-state index contributed by atoms with van der Waals surface area (Å²) in [6.07, 6.45) is 9.34. The first kappa shape index (κ1) is 12.4. The average Bonchev–Trinajstić information content (AvgIpc) is 2.85. The van der Waals surface area contributed by atoms with Gasteiger partial charge in [-0.1, -0.05) is 19.8 Å². The van der Waals surface area contributed by atoms with Crippen LogP contribution in [0.1, 0.15) is 32.6 Å². The lowest BCUT2D eigenvalue weighted by molar-refractivity contribution is -0.000806. The van der Waals surface area contributed by atoms with Crippen molar-refractivity contribution >= 4 is 11.3 Å². The molecule has 1 saturated carbocycles. The Balaban J connectivity index is 1.73. The van der Waals surface area contributed by atoms with Crippen LogP contribution in [-0.4, -0.2) is 31.9 Å². The molecule has 5 heteroatoms. The van der Waals surface area contributed by atoms with Gasteiger partial charge in [-0.05, 0) is 24.8 Å². The minimum Gasteiger partial charge on any atom is -0.388 e. The van der Waals surface area contributed by atoms with Gasteiger partial charge in [0, 0.05) is 18.9 Å². The Morgan fingerprint density at radius 2 is 2.42 bits per heavy atom.